The minimum Gasteiger partial charge on any atom is -0.364 e. The molecule has 1 amide bonds. The summed E-state index contributed by atoms with van der Waals surface area (Å²) in [5.74, 6) is 0.774. The Morgan fingerprint density at radius 1 is 1.25 bits per heavy atom. The van der Waals surface area contributed by atoms with Gasteiger partial charge in [0.05, 0.1) is 6.04 Å². The molecule has 0 fully saturated rings. The van der Waals surface area contributed by atoms with Crippen molar-refractivity contribution in [2.24, 2.45) is 0 Å². The summed E-state index contributed by atoms with van der Waals surface area (Å²) in [6.07, 6.45) is 1.84. The third-order valence-electron chi connectivity index (χ3n) is 2.98. The lowest BCUT2D eigenvalue weighted by atomic mass is 10.1. The van der Waals surface area contributed by atoms with Crippen LogP contribution < -0.4 is 10.6 Å². The van der Waals surface area contributed by atoms with Gasteiger partial charge in [0.25, 0.3) is 0 Å². The Morgan fingerprint density at radius 2 is 2.05 bits per heavy atom. The molecule has 0 saturated carbocycles. The van der Waals surface area contributed by atoms with Gasteiger partial charge in [0, 0.05) is 18.8 Å². The Hall–Kier alpha value is -2.36. The smallest absolute Gasteiger partial charge is 0.221 e. The van der Waals surface area contributed by atoms with Gasteiger partial charge in [-0.3, -0.25) is 4.79 Å². The number of carbonyl (C=O) groups is 1. The molecule has 1 aromatic carbocycles. The van der Waals surface area contributed by atoms with Crippen molar-refractivity contribution in [2.75, 3.05) is 10.6 Å². The van der Waals surface area contributed by atoms with Crippen LogP contribution in [-0.2, 0) is 4.79 Å². The predicted molar refractivity (Wildman–Crippen MR) is 81.8 cm³/mol. The van der Waals surface area contributed by atoms with E-state index in [9.17, 15) is 4.79 Å². The van der Waals surface area contributed by atoms with Crippen LogP contribution in [0.5, 0.6) is 0 Å². The van der Waals surface area contributed by atoms with E-state index in [0.29, 0.717) is 0 Å². The average Bonchev–Trinajstić information content (AvgIpc) is 2.41. The van der Waals surface area contributed by atoms with Crippen LogP contribution in [-0.4, -0.2) is 10.9 Å². The summed E-state index contributed by atoms with van der Waals surface area (Å²) in [7, 11) is 0. The highest BCUT2D eigenvalue weighted by molar-refractivity contribution is 5.88. The maximum absolute atomic E-state index is 11.1. The Morgan fingerprint density at radius 3 is 2.70 bits per heavy atom. The lowest BCUT2D eigenvalue weighted by molar-refractivity contribution is -0.114. The summed E-state index contributed by atoms with van der Waals surface area (Å²) in [6, 6.07) is 11.9. The first-order valence-electron chi connectivity index (χ1n) is 6.61. The number of rotatable bonds is 4. The van der Waals surface area contributed by atoms with Gasteiger partial charge in [0.2, 0.25) is 5.91 Å². The zero-order valence-corrected chi connectivity index (χ0v) is 12.0. The minimum atomic E-state index is -0.0667. The molecule has 0 saturated heterocycles. The van der Waals surface area contributed by atoms with Crippen LogP contribution in [0.15, 0.2) is 42.6 Å². The number of hydrogen-bond acceptors (Lipinski definition) is 3. The highest BCUT2D eigenvalue weighted by atomic mass is 16.1. The van der Waals surface area contributed by atoms with E-state index in [1.54, 1.807) is 0 Å². The van der Waals surface area contributed by atoms with Gasteiger partial charge >= 0.3 is 0 Å². The lowest BCUT2D eigenvalue weighted by Crippen LogP contribution is -2.10. The van der Waals surface area contributed by atoms with Crippen molar-refractivity contribution >= 4 is 17.4 Å². The van der Waals surface area contributed by atoms with Crippen molar-refractivity contribution in [1.82, 2.24) is 4.98 Å². The summed E-state index contributed by atoms with van der Waals surface area (Å²) in [5, 5.41) is 6.13. The van der Waals surface area contributed by atoms with Crippen LogP contribution in [0.4, 0.5) is 11.5 Å². The van der Waals surface area contributed by atoms with Gasteiger partial charge in [-0.1, -0.05) is 18.2 Å². The maximum Gasteiger partial charge on any atom is 0.221 e. The number of amides is 1. The summed E-state index contributed by atoms with van der Waals surface area (Å²) in [6.45, 7) is 5.58. The first-order chi connectivity index (χ1) is 9.54. The quantitative estimate of drug-likeness (QED) is 0.893. The van der Waals surface area contributed by atoms with E-state index in [4.69, 9.17) is 0 Å². The van der Waals surface area contributed by atoms with Crippen molar-refractivity contribution in [3.63, 3.8) is 0 Å². The normalized spacial score (nSPS) is 11.8. The van der Waals surface area contributed by atoms with Gasteiger partial charge < -0.3 is 10.6 Å². The Kier molecular flexibility index (Phi) is 4.35. The number of hydrogen-bond donors (Lipinski definition) is 2. The zero-order valence-electron chi connectivity index (χ0n) is 12.0. The first-order valence-corrected chi connectivity index (χ1v) is 6.61. The van der Waals surface area contributed by atoms with E-state index < -0.39 is 0 Å². The van der Waals surface area contributed by atoms with E-state index in [0.717, 1.165) is 22.6 Å². The van der Waals surface area contributed by atoms with Crippen LogP contribution in [0, 0.1) is 6.92 Å². The second kappa shape index (κ2) is 6.19. The molecule has 0 radical (unpaired) electrons. The van der Waals surface area contributed by atoms with Crippen LogP contribution in [0.1, 0.15) is 31.0 Å². The van der Waals surface area contributed by atoms with Gasteiger partial charge in [0.1, 0.15) is 5.82 Å². The summed E-state index contributed by atoms with van der Waals surface area (Å²) in [5.41, 5.74) is 3.04. The number of nitrogens with one attached hydrogen (secondary N) is 2. The van der Waals surface area contributed by atoms with E-state index in [2.05, 4.69) is 22.5 Å². The Balaban J connectivity index is 2.10. The number of carbonyl (C=O) groups excluding carboxylic acids is 1. The molecule has 4 heteroatoms. The zero-order chi connectivity index (χ0) is 14.5. The standard InChI is InChI=1S/C16H19N3O/c1-11-7-8-16(17-10-11)18-12(2)14-5-4-6-15(9-14)19-13(3)20/h4-10,12H,1-3H3,(H,17,18)(H,19,20). The number of benzene rings is 1. The van der Waals surface area contributed by atoms with E-state index in [-0.39, 0.29) is 11.9 Å². The van der Waals surface area contributed by atoms with Crippen molar-refractivity contribution in [3.05, 3.63) is 53.7 Å². The number of nitrogens with zero attached hydrogens (tertiary/aromatic N) is 1. The van der Waals surface area contributed by atoms with Crippen molar-refractivity contribution in [1.29, 1.82) is 0 Å². The first kappa shape index (κ1) is 14.1. The van der Waals surface area contributed by atoms with Crippen molar-refractivity contribution in [2.45, 2.75) is 26.8 Å². The van der Waals surface area contributed by atoms with E-state index in [1.807, 2.05) is 49.5 Å². The molecule has 2 rings (SSSR count). The Labute approximate surface area is 119 Å². The molecule has 2 aromatic rings. The third-order valence-corrected chi connectivity index (χ3v) is 2.98. The van der Waals surface area contributed by atoms with Crippen molar-refractivity contribution < 1.29 is 4.79 Å². The molecule has 1 aromatic heterocycles. The van der Waals surface area contributed by atoms with E-state index >= 15 is 0 Å². The van der Waals surface area contributed by atoms with Crippen LogP contribution in [0.2, 0.25) is 0 Å². The molecule has 4 nitrogen and oxygen atoms in total. The highest BCUT2D eigenvalue weighted by Crippen LogP contribution is 2.21. The fourth-order valence-electron chi connectivity index (χ4n) is 1.95. The Bertz CT molecular complexity index is 593. The highest BCUT2D eigenvalue weighted by Gasteiger charge is 2.07. The lowest BCUT2D eigenvalue weighted by Gasteiger charge is -2.16. The molecule has 20 heavy (non-hydrogen) atoms. The van der Waals surface area contributed by atoms with Crippen LogP contribution in [0.25, 0.3) is 0 Å². The van der Waals surface area contributed by atoms with Gasteiger partial charge in [-0.2, -0.15) is 0 Å². The largest absolute Gasteiger partial charge is 0.364 e. The number of aryl methyl sites for hydroxylation is 1. The van der Waals surface area contributed by atoms with E-state index in [1.165, 1.54) is 6.92 Å². The number of anilines is 2. The predicted octanol–water partition coefficient (Wildman–Crippen LogP) is 3.52. The molecule has 0 aliphatic rings. The molecule has 0 bridgehead atoms. The molecule has 1 unspecified atom stereocenters. The maximum atomic E-state index is 11.1. The molecule has 1 atom stereocenters. The summed E-state index contributed by atoms with van der Waals surface area (Å²) < 4.78 is 0. The molecule has 0 spiro atoms. The number of pyridine rings is 1. The average molecular weight is 269 g/mol. The van der Waals surface area contributed by atoms with Crippen LogP contribution >= 0.6 is 0 Å². The topological polar surface area (TPSA) is 54.0 Å². The van der Waals surface area contributed by atoms with Crippen LogP contribution in [0.3, 0.4) is 0 Å². The molecule has 1 heterocycles. The summed E-state index contributed by atoms with van der Waals surface area (Å²) >= 11 is 0. The molecular weight excluding hydrogens is 250 g/mol. The molecule has 0 aliphatic heterocycles. The van der Waals surface area contributed by atoms with Crippen molar-refractivity contribution in [3.8, 4) is 0 Å². The van der Waals surface area contributed by atoms with Gasteiger partial charge in [-0.25, -0.2) is 4.98 Å². The molecular formula is C16H19N3O. The fourth-order valence-corrected chi connectivity index (χ4v) is 1.95. The summed E-state index contributed by atoms with van der Waals surface area (Å²) in [4.78, 5) is 15.4. The second-order valence-corrected chi connectivity index (χ2v) is 4.89. The van der Waals surface area contributed by atoms with Gasteiger partial charge in [-0.05, 0) is 43.2 Å². The number of aromatic nitrogens is 1. The monoisotopic (exact) mass is 269 g/mol. The molecule has 2 N–H and O–H groups in total. The fraction of sp³-hybridized carbons (Fsp3) is 0.250. The third kappa shape index (κ3) is 3.82. The minimum absolute atomic E-state index is 0.0667. The molecule has 0 aliphatic carbocycles. The second-order valence-electron chi connectivity index (χ2n) is 4.89. The van der Waals surface area contributed by atoms with Gasteiger partial charge in [-0.15, -0.1) is 0 Å². The molecule has 104 valence electrons. The van der Waals surface area contributed by atoms with Gasteiger partial charge in [0.15, 0.2) is 0 Å². The SMILES string of the molecule is CC(=O)Nc1cccc(C(C)Nc2ccc(C)cn2)c1.